The maximum atomic E-state index is 5.86. The number of nitrogens with one attached hydrogen (secondary N) is 1. The van der Waals surface area contributed by atoms with Crippen LogP contribution in [0.25, 0.3) is 0 Å². The van der Waals surface area contributed by atoms with Gasteiger partial charge >= 0.3 is 0 Å². The molecule has 3 nitrogen and oxygen atoms in total. The Kier molecular flexibility index (Phi) is 5.05. The maximum Gasteiger partial charge on any atom is 0.0600 e. The van der Waals surface area contributed by atoms with Crippen LogP contribution in [0.5, 0.6) is 0 Å². The summed E-state index contributed by atoms with van der Waals surface area (Å²) in [5.41, 5.74) is -0.00312. The van der Waals surface area contributed by atoms with Crippen molar-refractivity contribution in [3.05, 3.63) is 0 Å². The van der Waals surface area contributed by atoms with E-state index in [0.29, 0.717) is 0 Å². The van der Waals surface area contributed by atoms with Crippen molar-refractivity contribution in [2.24, 2.45) is 5.92 Å². The fourth-order valence-electron chi connectivity index (χ4n) is 2.63. The molecule has 1 unspecified atom stereocenters. The summed E-state index contributed by atoms with van der Waals surface area (Å²) in [5, 5.41) is 3.60. The van der Waals surface area contributed by atoms with Gasteiger partial charge in [0.15, 0.2) is 0 Å². The predicted octanol–water partition coefficient (Wildman–Crippen LogP) is 2.27. The molecule has 2 aliphatic rings. The van der Waals surface area contributed by atoms with E-state index in [9.17, 15) is 0 Å². The number of hydrogen-bond donors (Lipinski definition) is 1. The van der Waals surface area contributed by atoms with Crippen molar-refractivity contribution in [3.8, 4) is 0 Å². The van der Waals surface area contributed by atoms with E-state index in [1.54, 1.807) is 0 Å². The second kappa shape index (κ2) is 6.36. The molecular formula is C15H30N2O. The lowest BCUT2D eigenvalue weighted by atomic mass is 10.2. The first-order valence-corrected chi connectivity index (χ1v) is 7.62. The van der Waals surface area contributed by atoms with E-state index >= 15 is 0 Å². The third kappa shape index (κ3) is 5.68. The molecule has 1 N–H and O–H groups in total. The van der Waals surface area contributed by atoms with E-state index in [0.717, 1.165) is 25.1 Å². The minimum absolute atomic E-state index is 0.00312. The lowest BCUT2D eigenvalue weighted by Crippen LogP contribution is -2.41. The van der Waals surface area contributed by atoms with Crippen LogP contribution in [0.1, 0.15) is 46.5 Å². The lowest BCUT2D eigenvalue weighted by molar-refractivity contribution is -0.0141. The Morgan fingerprint density at radius 3 is 2.50 bits per heavy atom. The van der Waals surface area contributed by atoms with E-state index in [-0.39, 0.29) is 5.60 Å². The van der Waals surface area contributed by atoms with Gasteiger partial charge in [0.1, 0.15) is 0 Å². The summed E-state index contributed by atoms with van der Waals surface area (Å²) in [7, 11) is 0. The zero-order valence-corrected chi connectivity index (χ0v) is 12.4. The number of rotatable bonds is 7. The molecule has 0 radical (unpaired) electrons. The van der Waals surface area contributed by atoms with Crippen molar-refractivity contribution in [2.45, 2.75) is 58.1 Å². The van der Waals surface area contributed by atoms with Crippen molar-refractivity contribution in [3.63, 3.8) is 0 Å². The first kappa shape index (κ1) is 14.3. The van der Waals surface area contributed by atoms with Crippen molar-refractivity contribution in [1.82, 2.24) is 10.2 Å². The van der Waals surface area contributed by atoms with Gasteiger partial charge in [0.2, 0.25) is 0 Å². The molecule has 0 aromatic rings. The van der Waals surface area contributed by atoms with Crippen molar-refractivity contribution in [1.29, 1.82) is 0 Å². The third-order valence-corrected chi connectivity index (χ3v) is 3.80. The number of hydrogen-bond acceptors (Lipinski definition) is 3. The van der Waals surface area contributed by atoms with Crippen molar-refractivity contribution >= 4 is 0 Å². The first-order chi connectivity index (χ1) is 8.53. The van der Waals surface area contributed by atoms with Gasteiger partial charge in [-0.25, -0.2) is 0 Å². The van der Waals surface area contributed by atoms with Crippen LogP contribution in [0.2, 0.25) is 0 Å². The molecule has 3 heteroatoms. The Bertz CT molecular complexity index is 239. The molecule has 0 aromatic carbocycles. The van der Waals surface area contributed by atoms with E-state index in [1.165, 1.54) is 45.3 Å². The number of nitrogens with zero attached hydrogens (tertiary/aromatic N) is 1. The molecule has 0 bridgehead atoms. The highest BCUT2D eigenvalue weighted by atomic mass is 16.5. The highest BCUT2D eigenvalue weighted by Crippen LogP contribution is 2.29. The molecule has 0 amide bonds. The van der Waals surface area contributed by atoms with E-state index in [4.69, 9.17) is 4.74 Å². The largest absolute Gasteiger partial charge is 0.375 e. The summed E-state index contributed by atoms with van der Waals surface area (Å²) in [6.45, 7) is 12.1. The molecule has 1 saturated heterocycles. The maximum absolute atomic E-state index is 5.86. The molecule has 1 saturated carbocycles. The highest BCUT2D eigenvalue weighted by molar-refractivity contribution is 4.82. The summed E-state index contributed by atoms with van der Waals surface area (Å²) >= 11 is 0. The predicted molar refractivity (Wildman–Crippen MR) is 75.9 cm³/mol. The number of ether oxygens (including phenoxy) is 1. The molecule has 2 fully saturated rings. The Balaban J connectivity index is 1.69. The monoisotopic (exact) mass is 254 g/mol. The summed E-state index contributed by atoms with van der Waals surface area (Å²) in [6.07, 6.45) is 5.57. The van der Waals surface area contributed by atoms with Gasteiger partial charge in [0.25, 0.3) is 0 Å². The first-order valence-electron chi connectivity index (χ1n) is 7.62. The average molecular weight is 254 g/mol. The minimum Gasteiger partial charge on any atom is -0.375 e. The van der Waals surface area contributed by atoms with Gasteiger partial charge in [-0.2, -0.15) is 0 Å². The fraction of sp³-hybridized carbons (Fsp3) is 1.00. The summed E-state index contributed by atoms with van der Waals surface area (Å²) in [4.78, 5) is 2.62. The van der Waals surface area contributed by atoms with Crippen LogP contribution in [0.4, 0.5) is 0 Å². The standard InChI is InChI=1S/C15H30N2O/c1-15(2,3)18-10-9-17(11-13-6-7-13)12-14-5-4-8-16-14/h13-14,16H,4-12H2,1-3H3. The van der Waals surface area contributed by atoms with E-state index in [2.05, 4.69) is 31.0 Å². The van der Waals surface area contributed by atoms with Gasteiger partial charge in [-0.15, -0.1) is 0 Å². The normalized spacial score (nSPS) is 25.0. The Morgan fingerprint density at radius 1 is 1.17 bits per heavy atom. The second-order valence-corrected chi connectivity index (χ2v) is 6.96. The summed E-state index contributed by atoms with van der Waals surface area (Å²) < 4.78 is 5.86. The van der Waals surface area contributed by atoms with Crippen LogP contribution in [-0.4, -0.2) is 49.3 Å². The molecule has 0 aromatic heterocycles. The topological polar surface area (TPSA) is 24.5 Å². The van der Waals surface area contributed by atoms with Gasteiger partial charge in [-0.3, -0.25) is 4.90 Å². The summed E-state index contributed by atoms with van der Waals surface area (Å²) in [6, 6.07) is 0.721. The Hall–Kier alpha value is -0.120. The zero-order valence-electron chi connectivity index (χ0n) is 12.4. The average Bonchev–Trinajstić information content (AvgIpc) is 2.91. The molecule has 2 rings (SSSR count). The second-order valence-electron chi connectivity index (χ2n) is 6.96. The van der Waals surface area contributed by atoms with Gasteiger partial charge in [-0.1, -0.05) is 0 Å². The molecule has 1 aliphatic heterocycles. The molecular weight excluding hydrogens is 224 g/mol. The molecule has 18 heavy (non-hydrogen) atoms. The van der Waals surface area contributed by atoms with Gasteiger partial charge in [0, 0.05) is 25.7 Å². The van der Waals surface area contributed by atoms with Crippen LogP contribution in [0.3, 0.4) is 0 Å². The SMILES string of the molecule is CC(C)(C)OCCN(CC1CC1)CC1CCCN1. The van der Waals surface area contributed by atoms with E-state index in [1.807, 2.05) is 0 Å². The molecule has 1 heterocycles. The highest BCUT2D eigenvalue weighted by Gasteiger charge is 2.26. The smallest absolute Gasteiger partial charge is 0.0600 e. The third-order valence-electron chi connectivity index (χ3n) is 3.80. The van der Waals surface area contributed by atoms with Crippen LogP contribution in [-0.2, 0) is 4.74 Å². The Labute approximate surface area is 112 Å². The van der Waals surface area contributed by atoms with Crippen molar-refractivity contribution < 1.29 is 4.74 Å². The molecule has 0 spiro atoms. The van der Waals surface area contributed by atoms with E-state index < -0.39 is 0 Å². The molecule has 106 valence electrons. The summed E-state index contributed by atoms with van der Waals surface area (Å²) in [5.74, 6) is 0.973. The molecule has 1 aliphatic carbocycles. The van der Waals surface area contributed by atoms with Gasteiger partial charge in [0.05, 0.1) is 12.2 Å². The lowest BCUT2D eigenvalue weighted by Gasteiger charge is -2.27. The van der Waals surface area contributed by atoms with Crippen LogP contribution >= 0.6 is 0 Å². The molecule has 1 atom stereocenters. The minimum atomic E-state index is -0.00312. The van der Waals surface area contributed by atoms with Crippen molar-refractivity contribution in [2.75, 3.05) is 32.8 Å². The van der Waals surface area contributed by atoms with Crippen LogP contribution in [0.15, 0.2) is 0 Å². The van der Waals surface area contributed by atoms with Gasteiger partial charge < -0.3 is 10.1 Å². The van der Waals surface area contributed by atoms with Crippen LogP contribution < -0.4 is 5.32 Å². The quantitative estimate of drug-likeness (QED) is 0.754. The van der Waals surface area contributed by atoms with Gasteiger partial charge in [-0.05, 0) is 58.9 Å². The van der Waals surface area contributed by atoms with Crippen LogP contribution in [0, 0.1) is 5.92 Å². The Morgan fingerprint density at radius 2 is 1.94 bits per heavy atom. The zero-order chi connectivity index (χ0) is 13.0. The fourth-order valence-corrected chi connectivity index (χ4v) is 2.63.